The largest absolute Gasteiger partial charge is 0.487 e. The first-order chi connectivity index (χ1) is 14.9. The van der Waals surface area contributed by atoms with Crippen molar-refractivity contribution in [1.82, 2.24) is 13.6 Å². The summed E-state index contributed by atoms with van der Waals surface area (Å²) in [6, 6.07) is 7.79. The second kappa shape index (κ2) is 9.44. The third-order valence-corrected chi connectivity index (χ3v) is 8.98. The van der Waals surface area contributed by atoms with E-state index in [9.17, 15) is 21.9 Å². The van der Waals surface area contributed by atoms with E-state index >= 15 is 0 Å². The highest BCUT2D eigenvalue weighted by molar-refractivity contribution is 7.89. The van der Waals surface area contributed by atoms with Crippen molar-refractivity contribution in [2.24, 2.45) is 5.92 Å². The van der Waals surface area contributed by atoms with E-state index in [1.807, 2.05) is 6.92 Å². The van der Waals surface area contributed by atoms with Crippen molar-refractivity contribution in [1.29, 1.82) is 0 Å². The molecule has 1 aliphatic heterocycles. The zero-order valence-electron chi connectivity index (χ0n) is 18.5. The number of nitrogens with zero attached hydrogens (tertiary/aromatic N) is 3. The molecular formula is C21H29N3O6S2. The van der Waals surface area contributed by atoms with Gasteiger partial charge in [-0.1, -0.05) is 13.0 Å². The predicted molar refractivity (Wildman–Crippen MR) is 121 cm³/mol. The van der Waals surface area contributed by atoms with Gasteiger partial charge in [-0.25, -0.2) is 21.1 Å². The lowest BCUT2D eigenvalue weighted by Gasteiger charge is -2.37. The number of aliphatic hydroxyl groups excluding tert-OH is 1. The predicted octanol–water partition coefficient (Wildman–Crippen LogP) is 1.41. The topological polar surface area (TPSA) is 117 Å². The van der Waals surface area contributed by atoms with Crippen LogP contribution in [-0.4, -0.2) is 80.7 Å². The molecule has 0 saturated heterocycles. The van der Waals surface area contributed by atoms with Gasteiger partial charge in [-0.15, -0.1) is 0 Å². The van der Waals surface area contributed by atoms with E-state index in [0.717, 1.165) is 17.4 Å². The highest BCUT2D eigenvalue weighted by Gasteiger charge is 2.38. The molecule has 0 aliphatic carbocycles. The number of hydrogen-bond donors (Lipinski definition) is 1. The summed E-state index contributed by atoms with van der Waals surface area (Å²) in [5.74, 6) is -0.200. The van der Waals surface area contributed by atoms with E-state index in [0.29, 0.717) is 0 Å². The molecule has 0 saturated carbocycles. The lowest BCUT2D eigenvalue weighted by atomic mass is 10.0. The van der Waals surface area contributed by atoms with E-state index in [1.165, 1.54) is 21.7 Å². The van der Waals surface area contributed by atoms with E-state index in [4.69, 9.17) is 4.74 Å². The van der Waals surface area contributed by atoms with Crippen molar-refractivity contribution in [3.05, 3.63) is 42.7 Å². The van der Waals surface area contributed by atoms with Gasteiger partial charge in [-0.3, -0.25) is 4.98 Å². The number of pyridine rings is 1. The van der Waals surface area contributed by atoms with Crippen LogP contribution >= 0.6 is 0 Å². The monoisotopic (exact) mass is 483 g/mol. The zero-order chi connectivity index (χ0) is 23.7. The first kappa shape index (κ1) is 24.6. The number of fused-ring (bicyclic) bond motifs is 1. The Hall–Kier alpha value is -2.05. The molecule has 1 aromatic heterocycles. The number of aromatic nitrogens is 1. The van der Waals surface area contributed by atoms with Crippen LogP contribution in [0.3, 0.4) is 0 Å². The molecule has 0 bridgehead atoms. The Bertz CT molecular complexity index is 1160. The van der Waals surface area contributed by atoms with Crippen LogP contribution in [0.4, 0.5) is 0 Å². The molecule has 0 unspecified atom stereocenters. The second-order valence-electron chi connectivity index (χ2n) is 8.18. The molecule has 0 fully saturated rings. The fourth-order valence-electron chi connectivity index (χ4n) is 3.56. The smallest absolute Gasteiger partial charge is 0.247 e. The van der Waals surface area contributed by atoms with E-state index < -0.39 is 32.2 Å². The number of ether oxygens (including phenoxy) is 1. The molecule has 2 heterocycles. The van der Waals surface area contributed by atoms with Crippen LogP contribution in [0.5, 0.6) is 5.75 Å². The zero-order valence-corrected chi connectivity index (χ0v) is 20.2. The summed E-state index contributed by atoms with van der Waals surface area (Å²) in [4.78, 5) is 3.99. The summed E-state index contributed by atoms with van der Waals surface area (Å²) in [6.45, 7) is 3.24. The maximum absolute atomic E-state index is 13.5. The van der Waals surface area contributed by atoms with E-state index in [1.54, 1.807) is 43.6 Å². The van der Waals surface area contributed by atoms with Gasteiger partial charge in [0.2, 0.25) is 20.0 Å². The molecule has 11 heteroatoms. The SMILES string of the molecule is C[C@H](CO)N1C[C@H](C)[C@H](CN(C)S(C)(=O)=O)Oc2cc(-c3ccncc3)ccc2S1(=O)=O. The molecule has 176 valence electrons. The molecule has 0 radical (unpaired) electrons. The number of sulfonamides is 2. The fourth-order valence-corrected chi connectivity index (χ4v) is 5.80. The highest BCUT2D eigenvalue weighted by Crippen LogP contribution is 2.36. The third kappa shape index (κ3) is 5.12. The van der Waals surface area contributed by atoms with Gasteiger partial charge >= 0.3 is 0 Å². The van der Waals surface area contributed by atoms with E-state index in [-0.39, 0.29) is 36.3 Å². The lowest BCUT2D eigenvalue weighted by Crippen LogP contribution is -2.50. The Kier molecular flexibility index (Phi) is 7.25. The van der Waals surface area contributed by atoms with Gasteiger partial charge in [0.25, 0.3) is 0 Å². The quantitative estimate of drug-likeness (QED) is 0.660. The molecule has 1 aliphatic rings. The Morgan fingerprint density at radius 3 is 2.50 bits per heavy atom. The van der Waals surface area contributed by atoms with Crippen LogP contribution in [-0.2, 0) is 20.0 Å². The molecule has 3 rings (SSSR count). The minimum Gasteiger partial charge on any atom is -0.487 e. The molecule has 0 amide bonds. The number of benzene rings is 1. The van der Waals surface area contributed by atoms with Crippen LogP contribution in [0, 0.1) is 5.92 Å². The van der Waals surface area contributed by atoms with Crippen molar-refractivity contribution in [2.75, 3.05) is 33.0 Å². The first-order valence-electron chi connectivity index (χ1n) is 10.2. The van der Waals surface area contributed by atoms with Gasteiger partial charge in [0.05, 0.1) is 19.4 Å². The molecule has 2 aromatic rings. The molecule has 9 nitrogen and oxygen atoms in total. The lowest BCUT2D eigenvalue weighted by molar-refractivity contribution is 0.0906. The van der Waals surface area contributed by atoms with Crippen LogP contribution < -0.4 is 4.74 Å². The summed E-state index contributed by atoms with van der Waals surface area (Å²) in [5.41, 5.74) is 1.58. The summed E-state index contributed by atoms with van der Waals surface area (Å²) in [5, 5.41) is 9.70. The minimum atomic E-state index is -3.96. The van der Waals surface area contributed by atoms with Gasteiger partial charge in [0.15, 0.2) is 0 Å². The summed E-state index contributed by atoms with van der Waals surface area (Å²) < 4.78 is 59.6. The second-order valence-corrected chi connectivity index (χ2v) is 12.1. The number of rotatable bonds is 6. The van der Waals surface area contributed by atoms with E-state index in [2.05, 4.69) is 4.98 Å². The molecule has 1 aromatic carbocycles. The maximum atomic E-state index is 13.5. The van der Waals surface area contributed by atoms with Crippen molar-refractivity contribution in [3.63, 3.8) is 0 Å². The Balaban J connectivity index is 2.14. The molecule has 32 heavy (non-hydrogen) atoms. The average Bonchev–Trinajstić information content (AvgIpc) is 2.75. The number of hydrogen-bond acceptors (Lipinski definition) is 7. The van der Waals surface area contributed by atoms with Crippen LogP contribution in [0.2, 0.25) is 0 Å². The molecule has 1 N–H and O–H groups in total. The van der Waals surface area contributed by atoms with Crippen molar-refractivity contribution < 1.29 is 26.7 Å². The van der Waals surface area contributed by atoms with Crippen LogP contribution in [0.1, 0.15) is 13.8 Å². The normalized spacial score (nSPS) is 22.4. The highest BCUT2D eigenvalue weighted by atomic mass is 32.2. The molecule has 3 atom stereocenters. The third-order valence-electron chi connectivity index (χ3n) is 5.68. The number of likely N-dealkylation sites (N-methyl/N-ethyl adjacent to an activating group) is 1. The molecule has 0 spiro atoms. The van der Waals surface area contributed by atoms with Gasteiger partial charge in [-0.05, 0) is 42.3 Å². The Labute approximate surface area is 189 Å². The van der Waals surface area contributed by atoms with Crippen molar-refractivity contribution in [3.8, 4) is 16.9 Å². The Morgan fingerprint density at radius 1 is 1.25 bits per heavy atom. The Morgan fingerprint density at radius 2 is 1.91 bits per heavy atom. The first-order valence-corrected chi connectivity index (χ1v) is 13.5. The fraction of sp³-hybridized carbons (Fsp3) is 0.476. The van der Waals surface area contributed by atoms with Gasteiger partial charge < -0.3 is 9.84 Å². The average molecular weight is 484 g/mol. The minimum absolute atomic E-state index is 0.0190. The van der Waals surface area contributed by atoms with Crippen LogP contribution in [0.15, 0.2) is 47.6 Å². The van der Waals surface area contributed by atoms with Crippen molar-refractivity contribution in [2.45, 2.75) is 30.9 Å². The summed E-state index contributed by atoms with van der Waals surface area (Å²) in [7, 11) is -5.96. The van der Waals surface area contributed by atoms with Gasteiger partial charge in [0.1, 0.15) is 16.7 Å². The summed E-state index contributed by atoms with van der Waals surface area (Å²) in [6.07, 6.45) is 3.78. The van der Waals surface area contributed by atoms with Crippen molar-refractivity contribution >= 4 is 20.0 Å². The molecular weight excluding hydrogens is 454 g/mol. The van der Waals surface area contributed by atoms with Gasteiger partial charge in [-0.2, -0.15) is 4.31 Å². The standard InChI is InChI=1S/C21H29N3O6S2/c1-15-12-24(16(2)14-25)32(28,29)21-6-5-18(17-7-9-22-10-8-17)11-19(21)30-20(15)13-23(3)31(4,26)27/h5-11,15-16,20,25H,12-14H2,1-4H3/t15-,16+,20-/m0/s1. The maximum Gasteiger partial charge on any atom is 0.247 e. The van der Waals surface area contributed by atoms with Crippen LogP contribution in [0.25, 0.3) is 11.1 Å². The van der Waals surface area contributed by atoms with Gasteiger partial charge in [0, 0.05) is 37.9 Å². The summed E-state index contributed by atoms with van der Waals surface area (Å²) >= 11 is 0. The number of aliphatic hydroxyl groups is 1.